The fourth-order valence-electron chi connectivity index (χ4n) is 4.50. The summed E-state index contributed by atoms with van der Waals surface area (Å²) in [6.45, 7) is 1.98. The van der Waals surface area contributed by atoms with Gasteiger partial charge in [-0.25, -0.2) is 9.97 Å². The molecule has 2 aliphatic rings. The smallest absolute Gasteiger partial charge is 0.367 e. The zero-order valence-corrected chi connectivity index (χ0v) is 17.8. The number of nitrogens with zero attached hydrogens (tertiary/aromatic N) is 3. The van der Waals surface area contributed by atoms with Crippen LogP contribution in [-0.2, 0) is 10.9 Å². The van der Waals surface area contributed by atoms with Crippen LogP contribution < -0.4 is 15.5 Å². The number of alkyl halides is 3. The van der Waals surface area contributed by atoms with Gasteiger partial charge in [0.2, 0.25) is 5.82 Å². The van der Waals surface area contributed by atoms with E-state index in [1.807, 2.05) is 4.90 Å². The highest BCUT2D eigenvalue weighted by molar-refractivity contribution is 5.53. The van der Waals surface area contributed by atoms with E-state index in [1.54, 1.807) is 7.11 Å². The Hall–Kier alpha value is -2.46. The summed E-state index contributed by atoms with van der Waals surface area (Å²) in [4.78, 5) is 10.1. The van der Waals surface area contributed by atoms with Crippen LogP contribution in [0.15, 0.2) is 30.6 Å². The number of halogens is 4. The van der Waals surface area contributed by atoms with E-state index in [9.17, 15) is 13.2 Å². The molecule has 3 unspecified atom stereocenters. The molecule has 0 radical (unpaired) electrons. The quantitative estimate of drug-likeness (QED) is 0.634. The zero-order valence-electron chi connectivity index (χ0n) is 17.8. The number of nitrogens with one attached hydrogen (secondary N) is 2. The molecule has 32 heavy (non-hydrogen) atoms. The minimum Gasteiger partial charge on any atom is -0.367 e. The number of benzene rings is 1. The van der Waals surface area contributed by atoms with Crippen molar-refractivity contribution >= 4 is 11.6 Å². The number of hydrogen-bond acceptors (Lipinski definition) is 6. The van der Waals surface area contributed by atoms with Crippen LogP contribution in [0.3, 0.4) is 0 Å². The van der Waals surface area contributed by atoms with E-state index in [2.05, 4.69) is 20.6 Å². The Labute approximate surface area is 184 Å². The first-order valence-corrected chi connectivity index (χ1v) is 10.8. The van der Waals surface area contributed by atoms with Crippen molar-refractivity contribution in [3.8, 4) is 0 Å². The van der Waals surface area contributed by atoms with Gasteiger partial charge in [0, 0.05) is 20.2 Å². The van der Waals surface area contributed by atoms with E-state index in [-0.39, 0.29) is 23.9 Å². The number of methoxy groups -OCH3 is 1. The number of anilines is 2. The minimum absolute atomic E-state index is 0.00421. The molecule has 0 saturated carbocycles. The molecule has 2 saturated heterocycles. The Bertz CT molecular complexity index is 908. The third kappa shape index (κ3) is 4.96. The van der Waals surface area contributed by atoms with Crippen LogP contribution in [-0.4, -0.2) is 42.9 Å². The maximum absolute atomic E-state index is 15.3. The van der Waals surface area contributed by atoms with Crippen molar-refractivity contribution in [2.75, 3.05) is 37.0 Å². The standard InChI is InChI=1S/C22H27F4N5O/c1-32-18-11-14(8-9-27-18)12-28-20-19(23)21(30-13-29-20)31-10-2-3-17(31)15-4-6-16(7-5-15)22(24,25)26/h4-7,13-14,17-18,27H,2-3,8-12H2,1H3,(H,28,29,30). The van der Waals surface area contributed by atoms with Crippen LogP contribution in [0.4, 0.5) is 29.2 Å². The van der Waals surface area contributed by atoms with E-state index >= 15 is 4.39 Å². The summed E-state index contributed by atoms with van der Waals surface area (Å²) in [6.07, 6.45) is 0.222. The van der Waals surface area contributed by atoms with E-state index < -0.39 is 17.6 Å². The van der Waals surface area contributed by atoms with Gasteiger partial charge in [0.15, 0.2) is 11.6 Å². The van der Waals surface area contributed by atoms with Crippen LogP contribution >= 0.6 is 0 Å². The fraction of sp³-hybridized carbons (Fsp3) is 0.545. The molecule has 6 nitrogen and oxygen atoms in total. The van der Waals surface area contributed by atoms with Gasteiger partial charge in [0.25, 0.3) is 0 Å². The lowest BCUT2D eigenvalue weighted by Gasteiger charge is -2.30. The topological polar surface area (TPSA) is 62.3 Å². The molecule has 0 bridgehead atoms. The molecule has 1 aromatic heterocycles. The molecule has 0 amide bonds. The highest BCUT2D eigenvalue weighted by Crippen LogP contribution is 2.38. The van der Waals surface area contributed by atoms with Gasteiger partial charge in [0.05, 0.1) is 11.6 Å². The summed E-state index contributed by atoms with van der Waals surface area (Å²) >= 11 is 0. The Morgan fingerprint density at radius 2 is 1.97 bits per heavy atom. The first kappa shape index (κ1) is 22.7. The van der Waals surface area contributed by atoms with Crippen LogP contribution in [0.5, 0.6) is 0 Å². The van der Waals surface area contributed by atoms with Crippen LogP contribution in [0.1, 0.15) is 42.9 Å². The van der Waals surface area contributed by atoms with Crippen molar-refractivity contribution in [3.05, 3.63) is 47.5 Å². The van der Waals surface area contributed by atoms with Gasteiger partial charge in [-0.3, -0.25) is 5.32 Å². The van der Waals surface area contributed by atoms with Gasteiger partial charge >= 0.3 is 6.18 Å². The molecule has 0 aliphatic carbocycles. The number of rotatable bonds is 6. The number of piperidine rings is 1. The zero-order chi connectivity index (χ0) is 22.7. The predicted molar refractivity (Wildman–Crippen MR) is 113 cm³/mol. The third-order valence-corrected chi connectivity index (χ3v) is 6.23. The Morgan fingerprint density at radius 3 is 2.69 bits per heavy atom. The molecule has 2 N–H and O–H groups in total. The van der Waals surface area contributed by atoms with Gasteiger partial charge in [-0.1, -0.05) is 12.1 Å². The summed E-state index contributed by atoms with van der Waals surface area (Å²) < 4.78 is 59.3. The van der Waals surface area contributed by atoms with Crippen molar-refractivity contribution < 1.29 is 22.3 Å². The molecule has 4 rings (SSSR count). The van der Waals surface area contributed by atoms with Crippen LogP contribution in [0.2, 0.25) is 0 Å². The van der Waals surface area contributed by atoms with Gasteiger partial charge in [-0.2, -0.15) is 17.6 Å². The predicted octanol–water partition coefficient (Wildman–Crippen LogP) is 4.36. The lowest BCUT2D eigenvalue weighted by molar-refractivity contribution is -0.137. The molecule has 2 fully saturated rings. The number of ether oxygens (including phenoxy) is 1. The second kappa shape index (κ2) is 9.58. The maximum Gasteiger partial charge on any atom is 0.416 e. The first-order valence-electron chi connectivity index (χ1n) is 10.8. The van der Waals surface area contributed by atoms with Gasteiger partial charge in [-0.05, 0) is 55.8 Å². The molecule has 2 aromatic rings. The Balaban J connectivity index is 1.48. The van der Waals surface area contributed by atoms with Gasteiger partial charge in [-0.15, -0.1) is 0 Å². The largest absolute Gasteiger partial charge is 0.416 e. The van der Waals surface area contributed by atoms with Gasteiger partial charge < -0.3 is 15.0 Å². The highest BCUT2D eigenvalue weighted by Gasteiger charge is 2.33. The SMILES string of the molecule is COC1CC(CNc2ncnc(N3CCCC3c3ccc(C(F)(F)F)cc3)c2F)CCN1. The second-order valence-corrected chi connectivity index (χ2v) is 8.28. The summed E-state index contributed by atoms with van der Waals surface area (Å²) in [7, 11) is 1.66. The van der Waals surface area contributed by atoms with Crippen molar-refractivity contribution in [2.24, 2.45) is 5.92 Å². The summed E-state index contributed by atoms with van der Waals surface area (Å²) in [5.41, 5.74) is 0.0162. The average molecular weight is 453 g/mol. The van der Waals surface area contributed by atoms with Crippen molar-refractivity contribution in [1.82, 2.24) is 15.3 Å². The van der Waals surface area contributed by atoms with E-state index in [0.29, 0.717) is 31.0 Å². The van der Waals surface area contributed by atoms with Crippen LogP contribution in [0.25, 0.3) is 0 Å². The van der Waals surface area contributed by atoms with Crippen molar-refractivity contribution in [2.45, 2.75) is 44.1 Å². The monoisotopic (exact) mass is 453 g/mol. The molecule has 0 spiro atoms. The number of hydrogen-bond donors (Lipinski definition) is 2. The summed E-state index contributed by atoms with van der Waals surface area (Å²) in [6, 6.07) is 4.84. The third-order valence-electron chi connectivity index (χ3n) is 6.23. The lowest BCUT2D eigenvalue weighted by atomic mass is 9.97. The molecular weight excluding hydrogens is 426 g/mol. The Kier molecular flexibility index (Phi) is 6.80. The Morgan fingerprint density at radius 1 is 1.19 bits per heavy atom. The first-order chi connectivity index (χ1) is 15.4. The summed E-state index contributed by atoms with van der Waals surface area (Å²) in [5, 5.41) is 6.38. The molecule has 174 valence electrons. The molecular formula is C22H27F4N5O. The fourth-order valence-corrected chi connectivity index (χ4v) is 4.50. The second-order valence-electron chi connectivity index (χ2n) is 8.28. The number of aromatic nitrogens is 2. The van der Waals surface area contributed by atoms with Crippen molar-refractivity contribution in [3.63, 3.8) is 0 Å². The van der Waals surface area contributed by atoms with E-state index in [0.717, 1.165) is 37.9 Å². The average Bonchev–Trinajstić information content (AvgIpc) is 3.28. The summed E-state index contributed by atoms with van der Waals surface area (Å²) in [5.74, 6) is 0.0970. The van der Waals surface area contributed by atoms with Crippen LogP contribution in [0, 0.1) is 11.7 Å². The highest BCUT2D eigenvalue weighted by atomic mass is 19.4. The molecule has 1 aromatic carbocycles. The van der Waals surface area contributed by atoms with Gasteiger partial charge in [0.1, 0.15) is 12.6 Å². The minimum atomic E-state index is -4.38. The molecule has 2 aliphatic heterocycles. The van der Waals surface area contributed by atoms with Crippen molar-refractivity contribution in [1.29, 1.82) is 0 Å². The molecule has 3 atom stereocenters. The molecule has 3 heterocycles. The molecule has 10 heteroatoms. The van der Waals surface area contributed by atoms with E-state index in [1.165, 1.54) is 18.5 Å². The lowest BCUT2D eigenvalue weighted by Crippen LogP contribution is -2.41. The van der Waals surface area contributed by atoms with E-state index in [4.69, 9.17) is 4.74 Å². The maximum atomic E-state index is 15.3. The normalized spacial score (nSPS) is 24.0.